The smallest absolute Gasteiger partial charge is 0.227 e. The Morgan fingerprint density at radius 3 is 2.44 bits per heavy atom. The second-order valence-electron chi connectivity index (χ2n) is 12.7. The lowest BCUT2D eigenvalue weighted by atomic mass is 9.87. The molecule has 7 heteroatoms. The van der Waals surface area contributed by atoms with Crippen molar-refractivity contribution in [1.82, 2.24) is 20.1 Å². The van der Waals surface area contributed by atoms with E-state index in [0.29, 0.717) is 43.9 Å². The van der Waals surface area contributed by atoms with Crippen LogP contribution in [0.25, 0.3) is 10.9 Å². The van der Waals surface area contributed by atoms with Crippen LogP contribution in [0, 0.1) is 23.7 Å². The highest BCUT2D eigenvalue weighted by Crippen LogP contribution is 2.33. The first-order valence-corrected chi connectivity index (χ1v) is 15.1. The van der Waals surface area contributed by atoms with E-state index in [4.69, 9.17) is 4.74 Å². The number of amides is 2. The first kappa shape index (κ1) is 29.6. The minimum atomic E-state index is -0.168. The minimum absolute atomic E-state index is 0.100. The van der Waals surface area contributed by atoms with Crippen LogP contribution in [0.3, 0.4) is 0 Å². The van der Waals surface area contributed by atoms with Crippen molar-refractivity contribution in [2.45, 2.75) is 91.4 Å². The van der Waals surface area contributed by atoms with Crippen LogP contribution in [0.1, 0.15) is 71.8 Å². The second kappa shape index (κ2) is 13.8. The van der Waals surface area contributed by atoms with E-state index in [9.17, 15) is 9.59 Å². The quantitative estimate of drug-likeness (QED) is 0.333. The number of fused-ring (bicyclic) bond motifs is 1. The molecule has 1 saturated carbocycles. The van der Waals surface area contributed by atoms with Crippen LogP contribution in [-0.2, 0) is 27.4 Å². The van der Waals surface area contributed by atoms with Gasteiger partial charge in [-0.1, -0.05) is 45.9 Å². The highest BCUT2D eigenvalue weighted by Gasteiger charge is 2.39. The summed E-state index contributed by atoms with van der Waals surface area (Å²) in [7, 11) is 1.74. The van der Waals surface area contributed by atoms with Gasteiger partial charge in [0, 0.05) is 69.1 Å². The molecule has 1 aliphatic carbocycles. The first-order chi connectivity index (χ1) is 18.8. The van der Waals surface area contributed by atoms with Crippen LogP contribution in [0.5, 0.6) is 0 Å². The Hall–Kier alpha value is -2.38. The third-order valence-corrected chi connectivity index (χ3v) is 8.16. The summed E-state index contributed by atoms with van der Waals surface area (Å²) in [4.78, 5) is 29.4. The van der Waals surface area contributed by atoms with Crippen LogP contribution in [0.15, 0.2) is 30.5 Å². The number of aromatic nitrogens is 1. The lowest BCUT2D eigenvalue weighted by Crippen LogP contribution is -2.51. The number of rotatable bonds is 14. The Bertz CT molecular complexity index is 1080. The Morgan fingerprint density at radius 1 is 1.08 bits per heavy atom. The molecule has 216 valence electrons. The number of carbonyl (C=O) groups is 2. The van der Waals surface area contributed by atoms with Crippen molar-refractivity contribution in [3.63, 3.8) is 0 Å². The molecule has 2 heterocycles. The van der Waals surface area contributed by atoms with E-state index >= 15 is 0 Å². The molecular formula is C32H50N4O3. The standard InChI is InChI=1S/C32H50N4O3/c1-22(2)15-27(16-23(3)4)34-31(37)24-17-25(19-33-18-24)32(38)36(28-11-12-28)21-26-20-35(13-8-14-39-5)30-10-7-6-9-29(26)30/h6-7,9-10,20,22-25,27-28,33H,8,11-19,21H2,1-5H3,(H,34,37)/t24-,25+/m0/s1. The molecular weight excluding hydrogens is 488 g/mol. The molecule has 7 nitrogen and oxygen atoms in total. The number of aryl methyl sites for hydroxylation is 1. The molecule has 0 radical (unpaired) electrons. The summed E-state index contributed by atoms with van der Waals surface area (Å²) in [6, 6.07) is 8.99. The number of nitrogens with one attached hydrogen (secondary N) is 2. The number of hydrogen-bond donors (Lipinski definition) is 2. The van der Waals surface area contributed by atoms with E-state index in [-0.39, 0.29) is 29.7 Å². The molecule has 0 spiro atoms. The summed E-state index contributed by atoms with van der Waals surface area (Å²) >= 11 is 0. The molecule has 2 N–H and O–H groups in total. The number of piperidine rings is 1. The van der Waals surface area contributed by atoms with Crippen LogP contribution in [0.2, 0.25) is 0 Å². The van der Waals surface area contributed by atoms with Crippen molar-refractivity contribution < 1.29 is 14.3 Å². The lowest BCUT2D eigenvalue weighted by molar-refractivity contribution is -0.138. The molecule has 2 aromatic rings. The van der Waals surface area contributed by atoms with Gasteiger partial charge in [-0.15, -0.1) is 0 Å². The molecule has 2 atom stereocenters. The number of hydrogen-bond acceptors (Lipinski definition) is 4. The van der Waals surface area contributed by atoms with Crippen molar-refractivity contribution in [1.29, 1.82) is 0 Å². The summed E-state index contributed by atoms with van der Waals surface area (Å²) in [6.45, 7) is 12.4. The third-order valence-electron chi connectivity index (χ3n) is 8.16. The largest absolute Gasteiger partial charge is 0.385 e. The maximum atomic E-state index is 14.0. The molecule has 2 fully saturated rings. The van der Waals surface area contributed by atoms with Crippen molar-refractivity contribution in [3.05, 3.63) is 36.0 Å². The zero-order valence-electron chi connectivity index (χ0n) is 24.7. The zero-order valence-corrected chi connectivity index (χ0v) is 24.7. The third kappa shape index (κ3) is 8.07. The average Bonchev–Trinajstić information content (AvgIpc) is 3.69. The van der Waals surface area contributed by atoms with Crippen LogP contribution >= 0.6 is 0 Å². The van der Waals surface area contributed by atoms with Crippen LogP contribution in [0.4, 0.5) is 0 Å². The molecule has 4 rings (SSSR count). The Morgan fingerprint density at radius 2 is 1.77 bits per heavy atom. The topological polar surface area (TPSA) is 75.6 Å². The van der Waals surface area contributed by atoms with Gasteiger partial charge in [-0.25, -0.2) is 0 Å². The summed E-state index contributed by atoms with van der Waals surface area (Å²) in [5, 5.41) is 7.98. The maximum absolute atomic E-state index is 14.0. The molecule has 1 aliphatic heterocycles. The van der Waals surface area contributed by atoms with Gasteiger partial charge in [0.2, 0.25) is 11.8 Å². The van der Waals surface area contributed by atoms with Crippen molar-refractivity contribution in [2.75, 3.05) is 26.8 Å². The second-order valence-corrected chi connectivity index (χ2v) is 12.7. The number of methoxy groups -OCH3 is 1. The number of carbonyl (C=O) groups excluding carboxylic acids is 2. The zero-order chi connectivity index (χ0) is 27.9. The summed E-state index contributed by atoms with van der Waals surface area (Å²) in [6.07, 6.45) is 7.90. The fraction of sp³-hybridized carbons (Fsp3) is 0.688. The fourth-order valence-electron chi connectivity index (χ4n) is 6.21. The minimum Gasteiger partial charge on any atom is -0.385 e. The van der Waals surface area contributed by atoms with Gasteiger partial charge in [0.25, 0.3) is 0 Å². The van der Waals surface area contributed by atoms with Gasteiger partial charge >= 0.3 is 0 Å². The van der Waals surface area contributed by atoms with Crippen molar-refractivity contribution >= 4 is 22.7 Å². The highest BCUT2D eigenvalue weighted by atomic mass is 16.5. The average molecular weight is 539 g/mol. The number of para-hydroxylation sites is 1. The summed E-state index contributed by atoms with van der Waals surface area (Å²) in [5.74, 6) is 1.02. The lowest BCUT2D eigenvalue weighted by Gasteiger charge is -2.34. The Balaban J connectivity index is 1.44. The normalized spacial score (nSPS) is 19.8. The van der Waals surface area contributed by atoms with Crippen LogP contribution in [-0.4, -0.2) is 60.2 Å². The maximum Gasteiger partial charge on any atom is 0.227 e. The van der Waals surface area contributed by atoms with Crippen LogP contribution < -0.4 is 10.6 Å². The Labute approximate surface area is 235 Å². The van der Waals surface area contributed by atoms with Gasteiger partial charge in [-0.05, 0) is 62.0 Å². The van der Waals surface area contributed by atoms with E-state index in [1.807, 2.05) is 0 Å². The van der Waals surface area contributed by atoms with E-state index in [2.05, 4.69) is 78.3 Å². The molecule has 1 aromatic heterocycles. The summed E-state index contributed by atoms with van der Waals surface area (Å²) in [5.41, 5.74) is 2.41. The summed E-state index contributed by atoms with van der Waals surface area (Å²) < 4.78 is 7.56. The van der Waals surface area contributed by atoms with E-state index in [1.54, 1.807) is 7.11 Å². The monoisotopic (exact) mass is 538 g/mol. The number of ether oxygens (including phenoxy) is 1. The van der Waals surface area contributed by atoms with E-state index < -0.39 is 0 Å². The van der Waals surface area contributed by atoms with Gasteiger partial charge < -0.3 is 24.8 Å². The van der Waals surface area contributed by atoms with E-state index in [0.717, 1.165) is 45.3 Å². The first-order valence-electron chi connectivity index (χ1n) is 15.1. The van der Waals surface area contributed by atoms with Gasteiger partial charge in [-0.3, -0.25) is 9.59 Å². The molecule has 2 aliphatic rings. The van der Waals surface area contributed by atoms with E-state index in [1.165, 1.54) is 16.5 Å². The molecule has 1 aromatic carbocycles. The van der Waals surface area contributed by atoms with Gasteiger partial charge in [0.15, 0.2) is 0 Å². The predicted octanol–water partition coefficient (Wildman–Crippen LogP) is 4.97. The molecule has 0 unspecified atom stereocenters. The molecule has 1 saturated heterocycles. The molecule has 39 heavy (non-hydrogen) atoms. The highest BCUT2D eigenvalue weighted by molar-refractivity contribution is 5.86. The predicted molar refractivity (Wildman–Crippen MR) is 157 cm³/mol. The molecule has 0 bridgehead atoms. The Kier molecular flexibility index (Phi) is 10.5. The van der Waals surface area contributed by atoms with Crippen molar-refractivity contribution in [3.8, 4) is 0 Å². The SMILES string of the molecule is COCCCn1cc(CN(C(=O)[C@H]2CNC[C@@H](C(=O)NC(CC(C)C)CC(C)C)C2)C2CC2)c2ccccc21. The van der Waals surface area contributed by atoms with Gasteiger partial charge in [-0.2, -0.15) is 0 Å². The van der Waals surface area contributed by atoms with Gasteiger partial charge in [0.05, 0.1) is 11.8 Å². The number of benzene rings is 1. The van der Waals surface area contributed by atoms with Gasteiger partial charge in [0.1, 0.15) is 0 Å². The molecule has 2 amide bonds. The van der Waals surface area contributed by atoms with Crippen molar-refractivity contribution in [2.24, 2.45) is 23.7 Å². The fourth-order valence-corrected chi connectivity index (χ4v) is 6.21. The number of nitrogens with zero attached hydrogens (tertiary/aromatic N) is 2.